The van der Waals surface area contributed by atoms with Gasteiger partial charge < -0.3 is 10.1 Å². The summed E-state index contributed by atoms with van der Waals surface area (Å²) in [6, 6.07) is 10.6. The Labute approximate surface area is 99.0 Å². The molecular formula is C14H23NO. The van der Waals surface area contributed by atoms with E-state index < -0.39 is 0 Å². The van der Waals surface area contributed by atoms with Gasteiger partial charge in [0.1, 0.15) is 5.75 Å². The summed E-state index contributed by atoms with van der Waals surface area (Å²) in [5, 5.41) is 3.48. The van der Waals surface area contributed by atoms with Crippen LogP contribution in [-0.4, -0.2) is 19.2 Å². The van der Waals surface area contributed by atoms with Crippen molar-refractivity contribution < 1.29 is 4.74 Å². The van der Waals surface area contributed by atoms with Gasteiger partial charge in [-0.2, -0.15) is 0 Å². The van der Waals surface area contributed by atoms with Gasteiger partial charge in [0.2, 0.25) is 0 Å². The summed E-state index contributed by atoms with van der Waals surface area (Å²) in [5.41, 5.74) is 0. The first-order valence-corrected chi connectivity index (χ1v) is 6.24. The first-order chi connectivity index (χ1) is 7.83. The van der Waals surface area contributed by atoms with Crippen LogP contribution in [0.2, 0.25) is 0 Å². The average molecular weight is 221 g/mol. The average Bonchev–Trinajstić information content (AvgIpc) is 2.34. The van der Waals surface area contributed by atoms with Crippen LogP contribution >= 0.6 is 0 Å². The Morgan fingerprint density at radius 1 is 1.19 bits per heavy atom. The van der Waals surface area contributed by atoms with Gasteiger partial charge in [-0.15, -0.1) is 0 Å². The molecule has 1 rings (SSSR count). The van der Waals surface area contributed by atoms with Crippen LogP contribution in [0.25, 0.3) is 0 Å². The van der Waals surface area contributed by atoms with Crippen molar-refractivity contribution in [2.75, 3.05) is 13.2 Å². The molecular weight excluding hydrogens is 198 g/mol. The van der Waals surface area contributed by atoms with E-state index in [0.29, 0.717) is 6.04 Å². The van der Waals surface area contributed by atoms with Crippen molar-refractivity contribution in [1.82, 2.24) is 5.32 Å². The number of hydrogen-bond acceptors (Lipinski definition) is 2. The van der Waals surface area contributed by atoms with E-state index in [0.717, 1.165) is 25.3 Å². The SMILES string of the molecule is CCC(C)NCCCCOc1ccccc1. The van der Waals surface area contributed by atoms with Crippen molar-refractivity contribution in [3.63, 3.8) is 0 Å². The second-order valence-electron chi connectivity index (χ2n) is 4.13. The van der Waals surface area contributed by atoms with E-state index in [2.05, 4.69) is 19.2 Å². The minimum absolute atomic E-state index is 0.634. The van der Waals surface area contributed by atoms with Crippen molar-refractivity contribution in [3.05, 3.63) is 30.3 Å². The predicted octanol–water partition coefficient (Wildman–Crippen LogP) is 3.23. The highest BCUT2D eigenvalue weighted by Crippen LogP contribution is 2.08. The number of benzene rings is 1. The number of rotatable bonds is 8. The van der Waals surface area contributed by atoms with Crippen molar-refractivity contribution in [2.45, 2.75) is 39.2 Å². The molecule has 1 N–H and O–H groups in total. The second-order valence-corrected chi connectivity index (χ2v) is 4.13. The van der Waals surface area contributed by atoms with Crippen molar-refractivity contribution in [1.29, 1.82) is 0 Å². The van der Waals surface area contributed by atoms with Crippen LogP contribution in [0, 0.1) is 0 Å². The van der Waals surface area contributed by atoms with E-state index in [1.165, 1.54) is 12.8 Å². The number of ether oxygens (including phenoxy) is 1. The summed E-state index contributed by atoms with van der Waals surface area (Å²) in [7, 11) is 0. The van der Waals surface area contributed by atoms with E-state index in [4.69, 9.17) is 4.74 Å². The molecule has 0 saturated heterocycles. The Morgan fingerprint density at radius 2 is 1.94 bits per heavy atom. The van der Waals surface area contributed by atoms with Crippen molar-refractivity contribution >= 4 is 0 Å². The van der Waals surface area contributed by atoms with Gasteiger partial charge in [0.05, 0.1) is 6.61 Å². The highest BCUT2D eigenvalue weighted by molar-refractivity contribution is 5.20. The van der Waals surface area contributed by atoms with Gasteiger partial charge in [0.15, 0.2) is 0 Å². The van der Waals surface area contributed by atoms with Crippen LogP contribution in [0.5, 0.6) is 5.75 Å². The number of hydrogen-bond donors (Lipinski definition) is 1. The first kappa shape index (κ1) is 13.0. The first-order valence-electron chi connectivity index (χ1n) is 6.24. The van der Waals surface area contributed by atoms with Gasteiger partial charge in [0, 0.05) is 6.04 Å². The van der Waals surface area contributed by atoms with Crippen LogP contribution < -0.4 is 10.1 Å². The molecule has 1 atom stereocenters. The molecule has 1 aromatic carbocycles. The van der Waals surface area contributed by atoms with Crippen LogP contribution in [0.1, 0.15) is 33.1 Å². The fourth-order valence-corrected chi connectivity index (χ4v) is 1.43. The van der Waals surface area contributed by atoms with Gasteiger partial charge in [-0.05, 0) is 44.9 Å². The highest BCUT2D eigenvalue weighted by atomic mass is 16.5. The van der Waals surface area contributed by atoms with Crippen molar-refractivity contribution in [3.8, 4) is 5.75 Å². The largest absolute Gasteiger partial charge is 0.494 e. The molecule has 0 aliphatic rings. The minimum atomic E-state index is 0.634. The maximum Gasteiger partial charge on any atom is 0.119 e. The van der Waals surface area contributed by atoms with Crippen LogP contribution in [0.4, 0.5) is 0 Å². The molecule has 0 aromatic heterocycles. The third-order valence-electron chi connectivity index (χ3n) is 2.69. The molecule has 2 heteroatoms. The summed E-state index contributed by atoms with van der Waals surface area (Å²) >= 11 is 0. The van der Waals surface area contributed by atoms with Gasteiger partial charge in [-0.25, -0.2) is 0 Å². The fourth-order valence-electron chi connectivity index (χ4n) is 1.43. The molecule has 1 unspecified atom stereocenters. The summed E-state index contributed by atoms with van der Waals surface area (Å²) in [6.45, 7) is 6.33. The lowest BCUT2D eigenvalue weighted by atomic mass is 10.2. The molecule has 16 heavy (non-hydrogen) atoms. The van der Waals surface area contributed by atoms with E-state index in [1.807, 2.05) is 30.3 Å². The van der Waals surface area contributed by atoms with Crippen LogP contribution in [-0.2, 0) is 0 Å². The summed E-state index contributed by atoms with van der Waals surface area (Å²) in [4.78, 5) is 0. The lowest BCUT2D eigenvalue weighted by molar-refractivity contribution is 0.304. The van der Waals surface area contributed by atoms with Gasteiger partial charge in [0.25, 0.3) is 0 Å². The molecule has 1 aromatic rings. The Kier molecular flexibility index (Phi) is 6.66. The van der Waals surface area contributed by atoms with E-state index in [9.17, 15) is 0 Å². The second kappa shape index (κ2) is 8.17. The highest BCUT2D eigenvalue weighted by Gasteiger charge is 1.96. The Balaban J connectivity index is 1.96. The summed E-state index contributed by atoms with van der Waals surface area (Å²) < 4.78 is 5.61. The Hall–Kier alpha value is -1.02. The third-order valence-corrected chi connectivity index (χ3v) is 2.69. The molecule has 0 amide bonds. The minimum Gasteiger partial charge on any atom is -0.494 e. The molecule has 0 aliphatic heterocycles. The van der Waals surface area contributed by atoms with E-state index >= 15 is 0 Å². The van der Waals surface area contributed by atoms with E-state index in [-0.39, 0.29) is 0 Å². The normalized spacial score (nSPS) is 12.4. The maximum absolute atomic E-state index is 5.61. The lowest BCUT2D eigenvalue weighted by Crippen LogP contribution is -2.26. The molecule has 2 nitrogen and oxygen atoms in total. The van der Waals surface area contributed by atoms with Gasteiger partial charge in [-0.3, -0.25) is 0 Å². The monoisotopic (exact) mass is 221 g/mol. The van der Waals surface area contributed by atoms with Gasteiger partial charge >= 0.3 is 0 Å². The zero-order valence-corrected chi connectivity index (χ0v) is 10.4. The van der Waals surface area contributed by atoms with Crippen LogP contribution in [0.3, 0.4) is 0 Å². The quantitative estimate of drug-likeness (QED) is 0.680. The molecule has 0 bridgehead atoms. The molecule has 0 saturated carbocycles. The van der Waals surface area contributed by atoms with E-state index in [1.54, 1.807) is 0 Å². The molecule has 0 aliphatic carbocycles. The Bertz CT molecular complexity index is 261. The standard InChI is InChI=1S/C14H23NO/c1-3-13(2)15-11-7-8-12-16-14-9-5-4-6-10-14/h4-6,9-10,13,15H,3,7-8,11-12H2,1-2H3. The van der Waals surface area contributed by atoms with Gasteiger partial charge in [-0.1, -0.05) is 25.1 Å². The molecule has 0 spiro atoms. The maximum atomic E-state index is 5.61. The Morgan fingerprint density at radius 3 is 2.62 bits per heavy atom. The summed E-state index contributed by atoms with van der Waals surface area (Å²) in [6.07, 6.45) is 3.48. The molecule has 0 radical (unpaired) electrons. The zero-order chi connectivity index (χ0) is 11.6. The number of unbranched alkanes of at least 4 members (excludes halogenated alkanes) is 1. The smallest absolute Gasteiger partial charge is 0.119 e. The van der Waals surface area contributed by atoms with Crippen molar-refractivity contribution in [2.24, 2.45) is 0 Å². The number of nitrogens with one attached hydrogen (secondary N) is 1. The van der Waals surface area contributed by atoms with Crippen LogP contribution in [0.15, 0.2) is 30.3 Å². The third kappa shape index (κ3) is 5.76. The summed E-state index contributed by atoms with van der Waals surface area (Å²) in [5.74, 6) is 0.970. The predicted molar refractivity (Wildman–Crippen MR) is 68.9 cm³/mol. The number of para-hydroxylation sites is 1. The molecule has 0 fully saturated rings. The molecule has 90 valence electrons. The topological polar surface area (TPSA) is 21.3 Å². The lowest BCUT2D eigenvalue weighted by Gasteiger charge is -2.11. The zero-order valence-electron chi connectivity index (χ0n) is 10.4. The fraction of sp³-hybridized carbons (Fsp3) is 0.571. The molecule has 0 heterocycles.